The first kappa shape index (κ1) is 12.6. The van der Waals surface area contributed by atoms with Gasteiger partial charge in [0.25, 0.3) is 5.56 Å². The van der Waals surface area contributed by atoms with Crippen molar-refractivity contribution >= 4 is 21.4 Å². The molecule has 0 amide bonds. The molecule has 0 atom stereocenters. The Hall–Kier alpha value is -1.43. The predicted octanol–water partition coefficient (Wildman–Crippen LogP) is 2.23. The second kappa shape index (κ2) is 4.92. The minimum absolute atomic E-state index is 0.0953. The molecule has 1 aliphatic rings. The Morgan fingerprint density at radius 2 is 2.11 bits per heavy atom. The highest BCUT2D eigenvalue weighted by Crippen LogP contribution is 2.28. The number of aryl methyl sites for hydroxylation is 1. The third-order valence-corrected chi connectivity index (χ3v) is 4.79. The molecule has 0 spiro atoms. The molecule has 6 heteroatoms. The molecule has 1 saturated carbocycles. The van der Waals surface area contributed by atoms with Crippen LogP contribution in [0.3, 0.4) is 0 Å². The van der Waals surface area contributed by atoms with Gasteiger partial charge in [-0.15, -0.1) is 5.10 Å². The first-order valence-electron chi connectivity index (χ1n) is 6.75. The molecule has 0 N–H and O–H groups in total. The van der Waals surface area contributed by atoms with E-state index in [9.17, 15) is 4.79 Å². The molecule has 0 unspecified atom stereocenters. The van der Waals surface area contributed by atoms with Crippen molar-refractivity contribution in [2.45, 2.75) is 45.1 Å². The summed E-state index contributed by atoms with van der Waals surface area (Å²) in [5.74, 6) is 0. The SMILES string of the molecule is Cc1cc(=O)n2nc(N(C)C3CCCCC3)sc2n1. The minimum Gasteiger partial charge on any atom is -0.347 e. The number of hydrogen-bond acceptors (Lipinski definition) is 5. The van der Waals surface area contributed by atoms with Gasteiger partial charge in [0.05, 0.1) is 0 Å². The van der Waals surface area contributed by atoms with E-state index in [2.05, 4.69) is 22.0 Å². The summed E-state index contributed by atoms with van der Waals surface area (Å²) in [6.07, 6.45) is 6.35. The first-order valence-corrected chi connectivity index (χ1v) is 7.57. The van der Waals surface area contributed by atoms with Gasteiger partial charge in [0.15, 0.2) is 0 Å². The molecular formula is C13H18N4OS. The van der Waals surface area contributed by atoms with E-state index < -0.39 is 0 Å². The molecule has 2 heterocycles. The average Bonchev–Trinajstić information content (AvgIpc) is 2.83. The molecule has 3 rings (SSSR count). The number of fused-ring (bicyclic) bond motifs is 1. The maximum atomic E-state index is 11.9. The molecule has 0 aromatic carbocycles. The molecule has 5 nitrogen and oxygen atoms in total. The van der Waals surface area contributed by atoms with Gasteiger partial charge in [0.1, 0.15) is 0 Å². The summed E-state index contributed by atoms with van der Waals surface area (Å²) in [4.78, 5) is 19.1. The lowest BCUT2D eigenvalue weighted by Gasteiger charge is -2.30. The van der Waals surface area contributed by atoms with Crippen molar-refractivity contribution in [3.63, 3.8) is 0 Å². The summed E-state index contributed by atoms with van der Waals surface area (Å²) in [6.45, 7) is 1.84. The van der Waals surface area contributed by atoms with Gasteiger partial charge in [-0.2, -0.15) is 4.52 Å². The second-order valence-electron chi connectivity index (χ2n) is 5.22. The van der Waals surface area contributed by atoms with E-state index >= 15 is 0 Å². The van der Waals surface area contributed by atoms with Crippen LogP contribution < -0.4 is 10.5 Å². The van der Waals surface area contributed by atoms with Gasteiger partial charge in [0.2, 0.25) is 10.1 Å². The topological polar surface area (TPSA) is 50.5 Å². The van der Waals surface area contributed by atoms with Crippen LogP contribution in [0.15, 0.2) is 10.9 Å². The highest BCUT2D eigenvalue weighted by molar-refractivity contribution is 7.20. The van der Waals surface area contributed by atoms with Crippen LogP contribution in [-0.2, 0) is 0 Å². The third kappa shape index (κ3) is 2.36. The third-order valence-electron chi connectivity index (χ3n) is 3.79. The number of anilines is 1. The Morgan fingerprint density at radius 1 is 1.37 bits per heavy atom. The fourth-order valence-corrected chi connectivity index (χ4v) is 3.66. The Kier molecular flexibility index (Phi) is 3.26. The molecule has 19 heavy (non-hydrogen) atoms. The molecule has 0 saturated heterocycles. The van der Waals surface area contributed by atoms with Gasteiger partial charge in [-0.05, 0) is 19.8 Å². The molecule has 2 aromatic rings. The number of hydrogen-bond donors (Lipinski definition) is 0. The summed E-state index contributed by atoms with van der Waals surface area (Å²) < 4.78 is 1.41. The van der Waals surface area contributed by atoms with Gasteiger partial charge < -0.3 is 4.90 Å². The summed E-state index contributed by atoms with van der Waals surface area (Å²) in [5, 5.41) is 5.31. The van der Waals surface area contributed by atoms with Crippen molar-refractivity contribution in [3.8, 4) is 0 Å². The maximum absolute atomic E-state index is 11.9. The normalized spacial score (nSPS) is 16.9. The van der Waals surface area contributed by atoms with E-state index in [1.165, 1.54) is 54.0 Å². The van der Waals surface area contributed by atoms with Gasteiger partial charge >= 0.3 is 0 Å². The van der Waals surface area contributed by atoms with Gasteiger partial charge in [0, 0.05) is 24.8 Å². The fraction of sp³-hybridized carbons (Fsp3) is 0.615. The minimum atomic E-state index is -0.0953. The van der Waals surface area contributed by atoms with E-state index in [0.717, 1.165) is 10.8 Å². The molecule has 1 fully saturated rings. The van der Waals surface area contributed by atoms with Crippen molar-refractivity contribution in [3.05, 3.63) is 22.1 Å². The predicted molar refractivity (Wildman–Crippen MR) is 77.1 cm³/mol. The van der Waals surface area contributed by atoms with E-state index in [1.54, 1.807) is 0 Å². The zero-order valence-corrected chi connectivity index (χ0v) is 12.1. The Balaban J connectivity index is 1.96. The van der Waals surface area contributed by atoms with Crippen LogP contribution in [0.2, 0.25) is 0 Å². The zero-order chi connectivity index (χ0) is 13.4. The molecular weight excluding hydrogens is 260 g/mol. The number of nitrogens with zero attached hydrogens (tertiary/aromatic N) is 4. The van der Waals surface area contributed by atoms with E-state index in [4.69, 9.17) is 0 Å². The Morgan fingerprint density at radius 3 is 2.84 bits per heavy atom. The average molecular weight is 278 g/mol. The van der Waals surface area contributed by atoms with E-state index in [1.807, 2.05) is 6.92 Å². The zero-order valence-electron chi connectivity index (χ0n) is 11.3. The summed E-state index contributed by atoms with van der Waals surface area (Å²) >= 11 is 1.49. The molecule has 1 aliphatic carbocycles. The Bertz CT molecular complexity index is 642. The van der Waals surface area contributed by atoms with Gasteiger partial charge in [-0.25, -0.2) is 4.98 Å². The monoisotopic (exact) mass is 278 g/mol. The van der Waals surface area contributed by atoms with Crippen LogP contribution in [0.25, 0.3) is 4.96 Å². The van der Waals surface area contributed by atoms with E-state index in [0.29, 0.717) is 11.0 Å². The van der Waals surface area contributed by atoms with Crippen molar-refractivity contribution in [2.75, 3.05) is 11.9 Å². The lowest BCUT2D eigenvalue weighted by molar-refractivity contribution is 0.426. The molecule has 0 aliphatic heterocycles. The molecule has 0 bridgehead atoms. The first-order chi connectivity index (χ1) is 9.15. The van der Waals surface area contributed by atoms with Crippen LogP contribution >= 0.6 is 11.3 Å². The van der Waals surface area contributed by atoms with Crippen molar-refractivity contribution in [2.24, 2.45) is 0 Å². The van der Waals surface area contributed by atoms with Crippen molar-refractivity contribution in [1.82, 2.24) is 14.6 Å². The second-order valence-corrected chi connectivity index (χ2v) is 6.15. The summed E-state index contributed by atoms with van der Waals surface area (Å²) in [6, 6.07) is 2.07. The smallest absolute Gasteiger partial charge is 0.275 e. The Labute approximate surface area is 115 Å². The lowest BCUT2D eigenvalue weighted by atomic mass is 9.95. The largest absolute Gasteiger partial charge is 0.347 e. The highest BCUT2D eigenvalue weighted by atomic mass is 32.1. The van der Waals surface area contributed by atoms with Crippen LogP contribution in [-0.4, -0.2) is 27.7 Å². The fourth-order valence-electron chi connectivity index (χ4n) is 2.68. The van der Waals surface area contributed by atoms with Crippen LogP contribution in [0.5, 0.6) is 0 Å². The molecule has 2 aromatic heterocycles. The van der Waals surface area contributed by atoms with Crippen molar-refractivity contribution in [1.29, 1.82) is 0 Å². The quantitative estimate of drug-likeness (QED) is 0.845. The number of aromatic nitrogens is 3. The van der Waals surface area contributed by atoms with Gasteiger partial charge in [-0.3, -0.25) is 4.79 Å². The highest BCUT2D eigenvalue weighted by Gasteiger charge is 2.21. The number of rotatable bonds is 2. The van der Waals surface area contributed by atoms with E-state index in [-0.39, 0.29) is 5.56 Å². The summed E-state index contributed by atoms with van der Waals surface area (Å²) in [7, 11) is 2.07. The maximum Gasteiger partial charge on any atom is 0.275 e. The standard InChI is InChI=1S/C13H18N4OS/c1-9-8-11(18)17-12(14-9)19-13(15-17)16(2)10-6-4-3-5-7-10/h8,10H,3-7H2,1-2H3. The van der Waals surface area contributed by atoms with Crippen LogP contribution in [0.1, 0.15) is 37.8 Å². The van der Waals surface area contributed by atoms with Crippen molar-refractivity contribution < 1.29 is 0 Å². The molecule has 102 valence electrons. The van der Waals surface area contributed by atoms with Gasteiger partial charge in [-0.1, -0.05) is 30.6 Å². The molecule has 0 radical (unpaired) electrons. The lowest BCUT2D eigenvalue weighted by Crippen LogP contribution is -2.33. The summed E-state index contributed by atoms with van der Waals surface area (Å²) in [5.41, 5.74) is 0.655. The van der Waals surface area contributed by atoms with Crippen LogP contribution in [0, 0.1) is 6.92 Å². The van der Waals surface area contributed by atoms with Crippen LogP contribution in [0.4, 0.5) is 5.13 Å².